The molecular weight excluding hydrogens is 408 g/mol. The molecule has 0 aromatic carbocycles. The lowest BCUT2D eigenvalue weighted by Crippen LogP contribution is -2.47. The van der Waals surface area contributed by atoms with Gasteiger partial charge in [0.15, 0.2) is 11.9 Å². The fraction of sp³-hybridized carbons (Fsp3) is 0.952. The molecule has 0 amide bonds. The molecular formula is C21H44N2O8. The van der Waals surface area contributed by atoms with Crippen LogP contribution in [0, 0.1) is 11.8 Å². The van der Waals surface area contributed by atoms with Gasteiger partial charge in [0.1, 0.15) is 18.3 Å². The second kappa shape index (κ2) is 14.3. The number of carbonyl (C=O) groups is 1. The number of ether oxygens (including phenoxy) is 2. The van der Waals surface area contributed by atoms with Gasteiger partial charge in [0, 0.05) is 25.7 Å². The van der Waals surface area contributed by atoms with E-state index in [0.29, 0.717) is 19.6 Å². The van der Waals surface area contributed by atoms with Gasteiger partial charge in [0.05, 0.1) is 12.2 Å². The average Bonchev–Trinajstić information content (AvgIpc) is 2.70. The summed E-state index contributed by atoms with van der Waals surface area (Å²) >= 11 is 0. The number of esters is 1. The van der Waals surface area contributed by atoms with E-state index in [9.17, 15) is 30.3 Å². The van der Waals surface area contributed by atoms with Gasteiger partial charge in [0.2, 0.25) is 0 Å². The second-order valence-electron chi connectivity index (χ2n) is 8.87. The summed E-state index contributed by atoms with van der Waals surface area (Å²) in [5.41, 5.74) is -1.42. The molecule has 0 aliphatic carbocycles. The van der Waals surface area contributed by atoms with Crippen molar-refractivity contribution < 1.29 is 39.8 Å². The largest absolute Gasteiger partial charge is 0.460 e. The van der Waals surface area contributed by atoms with Crippen molar-refractivity contribution in [3.63, 3.8) is 0 Å². The molecule has 186 valence electrons. The Bertz CT molecular complexity index is 506. The highest BCUT2D eigenvalue weighted by Gasteiger charge is 2.36. The van der Waals surface area contributed by atoms with Crippen LogP contribution in [0.3, 0.4) is 0 Å². The van der Waals surface area contributed by atoms with Gasteiger partial charge >= 0.3 is 5.97 Å². The molecule has 0 fully saturated rings. The minimum Gasteiger partial charge on any atom is -0.460 e. The van der Waals surface area contributed by atoms with Crippen LogP contribution < -0.4 is 10.6 Å². The number of hydrogen-bond donors (Lipinski definition) is 7. The Labute approximate surface area is 185 Å². The topological polar surface area (TPSA) is 161 Å². The first-order chi connectivity index (χ1) is 14.2. The molecule has 7 N–H and O–H groups in total. The van der Waals surface area contributed by atoms with Gasteiger partial charge in [-0.3, -0.25) is 0 Å². The molecule has 0 aliphatic heterocycles. The molecule has 8 atom stereocenters. The maximum Gasteiger partial charge on any atom is 0.338 e. The molecule has 0 aromatic rings. The van der Waals surface area contributed by atoms with Crippen LogP contribution in [-0.2, 0) is 14.3 Å². The zero-order chi connectivity index (χ0) is 24.4. The highest BCUT2D eigenvalue weighted by atomic mass is 16.7. The van der Waals surface area contributed by atoms with Gasteiger partial charge in [-0.15, -0.1) is 0 Å². The van der Waals surface area contributed by atoms with E-state index in [1.54, 1.807) is 6.92 Å². The maximum atomic E-state index is 12.3. The Kier molecular flexibility index (Phi) is 13.9. The smallest absolute Gasteiger partial charge is 0.338 e. The summed E-state index contributed by atoms with van der Waals surface area (Å²) in [7, 11) is 0. The number of aliphatic hydroxyl groups is 5. The quantitative estimate of drug-likeness (QED) is 0.0907. The van der Waals surface area contributed by atoms with Crippen LogP contribution in [0.25, 0.3) is 0 Å². The van der Waals surface area contributed by atoms with Crippen molar-refractivity contribution in [2.45, 2.75) is 97.3 Å². The highest BCUT2D eigenvalue weighted by Crippen LogP contribution is 2.18. The number of hydrogen-bond acceptors (Lipinski definition) is 10. The van der Waals surface area contributed by atoms with E-state index in [1.165, 1.54) is 20.8 Å². The lowest BCUT2D eigenvalue weighted by molar-refractivity contribution is -0.226. The van der Waals surface area contributed by atoms with Crippen LogP contribution in [0.4, 0.5) is 0 Å². The predicted molar refractivity (Wildman–Crippen MR) is 116 cm³/mol. The summed E-state index contributed by atoms with van der Waals surface area (Å²) in [6.07, 6.45) is -5.68. The predicted octanol–water partition coefficient (Wildman–Crippen LogP) is -0.686. The highest BCUT2D eigenvalue weighted by molar-refractivity contribution is 5.78. The number of carbonyl (C=O) groups excluding carboxylic acids is 1. The van der Waals surface area contributed by atoms with Crippen molar-refractivity contribution in [2.75, 3.05) is 19.8 Å². The first kappa shape index (κ1) is 30.1. The van der Waals surface area contributed by atoms with E-state index >= 15 is 0 Å². The molecule has 5 unspecified atom stereocenters. The van der Waals surface area contributed by atoms with Crippen molar-refractivity contribution in [2.24, 2.45) is 11.8 Å². The van der Waals surface area contributed by atoms with Crippen molar-refractivity contribution >= 4 is 5.97 Å². The Hall–Kier alpha value is -0.850. The number of rotatable bonds is 16. The van der Waals surface area contributed by atoms with Gasteiger partial charge in [-0.1, -0.05) is 27.2 Å². The summed E-state index contributed by atoms with van der Waals surface area (Å²) in [4.78, 5) is 12.3. The van der Waals surface area contributed by atoms with E-state index in [1.807, 2.05) is 20.8 Å². The Morgan fingerprint density at radius 2 is 1.45 bits per heavy atom. The molecule has 10 heteroatoms. The first-order valence-corrected chi connectivity index (χ1v) is 10.9. The third-order valence-electron chi connectivity index (χ3n) is 5.45. The summed E-state index contributed by atoms with van der Waals surface area (Å²) in [6, 6.07) is 0. The van der Waals surface area contributed by atoms with Crippen molar-refractivity contribution in [1.29, 1.82) is 0 Å². The van der Waals surface area contributed by atoms with Crippen molar-refractivity contribution in [1.82, 2.24) is 10.6 Å². The zero-order valence-electron chi connectivity index (χ0n) is 19.9. The Balaban J connectivity index is 4.27. The van der Waals surface area contributed by atoms with Crippen LogP contribution in [0.1, 0.15) is 54.9 Å². The number of nitrogens with one attached hydrogen (secondary N) is 2. The molecule has 0 spiro atoms. The standard InChI is InChI=1S/C21H44N2O8/c1-8-12(2)17(26)18(27)16(25)10-23-11-22-9-13(3)15(5)30-20(29)21(6,7)31-19(28)14(4)24/h12-19,22-28H,8-11H2,1-7H3/t12?,13?,14?,15?,16-,17+,18+,19?/m0/s1. The normalized spacial score (nSPS) is 20.3. The Morgan fingerprint density at radius 1 is 0.903 bits per heavy atom. The maximum absolute atomic E-state index is 12.3. The average molecular weight is 453 g/mol. The van der Waals surface area contributed by atoms with Gasteiger partial charge in [-0.25, -0.2) is 4.79 Å². The monoisotopic (exact) mass is 452 g/mol. The lowest BCUT2D eigenvalue weighted by atomic mass is 9.94. The third-order valence-corrected chi connectivity index (χ3v) is 5.45. The molecule has 0 radical (unpaired) electrons. The van der Waals surface area contributed by atoms with Gasteiger partial charge in [-0.05, 0) is 33.6 Å². The van der Waals surface area contributed by atoms with Crippen molar-refractivity contribution in [3.05, 3.63) is 0 Å². The molecule has 0 saturated heterocycles. The van der Waals surface area contributed by atoms with E-state index < -0.39 is 48.4 Å². The molecule has 0 aliphatic rings. The lowest BCUT2D eigenvalue weighted by Gasteiger charge is -2.30. The molecule has 0 bridgehead atoms. The van der Waals surface area contributed by atoms with Gasteiger partial charge in [-0.2, -0.15) is 0 Å². The SMILES string of the molecule is CCC(C)[C@@H](O)[C@H](O)[C@@H](O)CNCNCC(C)C(C)OC(=O)C(C)(C)OC(O)C(C)O. The molecule has 31 heavy (non-hydrogen) atoms. The minimum absolute atomic E-state index is 0.0500. The first-order valence-electron chi connectivity index (χ1n) is 10.9. The summed E-state index contributed by atoms with van der Waals surface area (Å²) in [5.74, 6) is -0.814. The fourth-order valence-electron chi connectivity index (χ4n) is 2.58. The van der Waals surface area contributed by atoms with Gasteiger partial charge < -0.3 is 45.6 Å². The van der Waals surface area contributed by atoms with Crippen LogP contribution in [0.2, 0.25) is 0 Å². The Morgan fingerprint density at radius 3 is 1.97 bits per heavy atom. The van der Waals surface area contributed by atoms with E-state index in [-0.39, 0.29) is 18.4 Å². The summed E-state index contributed by atoms with van der Waals surface area (Å²) in [5, 5.41) is 55.0. The molecule has 10 nitrogen and oxygen atoms in total. The van der Waals surface area contributed by atoms with E-state index in [4.69, 9.17) is 9.47 Å². The number of aliphatic hydroxyl groups excluding tert-OH is 5. The molecule has 0 heterocycles. The summed E-state index contributed by atoms with van der Waals surface area (Å²) < 4.78 is 10.6. The third kappa shape index (κ3) is 11.0. The molecule has 0 saturated carbocycles. The molecule has 0 aromatic heterocycles. The molecule has 0 rings (SSSR count). The fourth-order valence-corrected chi connectivity index (χ4v) is 2.58. The van der Waals surface area contributed by atoms with Crippen LogP contribution in [0.5, 0.6) is 0 Å². The van der Waals surface area contributed by atoms with Crippen molar-refractivity contribution in [3.8, 4) is 0 Å². The van der Waals surface area contributed by atoms with Crippen LogP contribution in [0.15, 0.2) is 0 Å². The minimum atomic E-state index is -1.50. The summed E-state index contributed by atoms with van der Waals surface area (Å²) in [6.45, 7) is 12.6. The zero-order valence-corrected chi connectivity index (χ0v) is 19.9. The van der Waals surface area contributed by atoms with E-state index in [0.717, 1.165) is 0 Å². The second-order valence-corrected chi connectivity index (χ2v) is 8.87. The van der Waals surface area contributed by atoms with Crippen LogP contribution >= 0.6 is 0 Å². The van der Waals surface area contributed by atoms with Gasteiger partial charge in [0.25, 0.3) is 0 Å². The van der Waals surface area contributed by atoms with E-state index in [2.05, 4.69) is 10.6 Å². The van der Waals surface area contributed by atoms with Crippen LogP contribution in [-0.4, -0.2) is 93.7 Å².